The molecule has 3 rings (SSSR count). The average Bonchev–Trinajstić information content (AvgIpc) is 3.08. The van der Waals surface area contributed by atoms with Crippen molar-refractivity contribution in [3.63, 3.8) is 0 Å². The third-order valence-corrected chi connectivity index (χ3v) is 5.01. The van der Waals surface area contributed by atoms with Crippen LogP contribution in [0.4, 0.5) is 0 Å². The quantitative estimate of drug-likeness (QED) is 0.517. The lowest BCUT2D eigenvalue weighted by atomic mass is 10.3. The van der Waals surface area contributed by atoms with Gasteiger partial charge in [0.2, 0.25) is 5.28 Å². The lowest BCUT2D eigenvalue weighted by molar-refractivity contribution is 0.0977. The maximum absolute atomic E-state index is 12.4. The number of carbonyl (C=O) groups is 1. The van der Waals surface area contributed by atoms with Crippen molar-refractivity contribution in [3.8, 4) is 0 Å². The Morgan fingerprint density at radius 3 is 2.52 bits per heavy atom. The molecule has 0 unspecified atom stereocenters. The van der Waals surface area contributed by atoms with Gasteiger partial charge in [-0.3, -0.25) is 18.7 Å². The molecule has 10 heteroatoms. The fourth-order valence-electron chi connectivity index (χ4n) is 2.25. The first-order valence-corrected chi connectivity index (χ1v) is 7.98. The minimum absolute atomic E-state index is 0.0331. The van der Waals surface area contributed by atoms with Crippen LogP contribution in [0, 0.1) is 0 Å². The van der Waals surface area contributed by atoms with Gasteiger partial charge in [0, 0.05) is 14.1 Å². The van der Waals surface area contributed by atoms with Gasteiger partial charge in [0.05, 0.1) is 15.8 Å². The number of hydrogen-bond donors (Lipinski definition) is 0. The summed E-state index contributed by atoms with van der Waals surface area (Å²) in [4.78, 5) is 41.1. The smallest absolute Gasteiger partial charge is 0.301 e. The lowest BCUT2D eigenvalue weighted by Gasteiger charge is -2.06. The summed E-state index contributed by atoms with van der Waals surface area (Å²) < 4.78 is 3.96. The van der Waals surface area contributed by atoms with Gasteiger partial charge in [-0.25, -0.2) is 4.79 Å². The van der Waals surface area contributed by atoms with Gasteiger partial charge in [0.1, 0.15) is 0 Å². The lowest BCUT2D eigenvalue weighted by Crippen LogP contribution is -2.37. The van der Waals surface area contributed by atoms with Crippen molar-refractivity contribution in [2.24, 2.45) is 14.1 Å². The molecule has 0 aliphatic heterocycles. The molecular formula is C13H10Cl2N4O3S. The van der Waals surface area contributed by atoms with Crippen molar-refractivity contribution in [1.82, 2.24) is 18.7 Å². The SMILES string of the molecule is Cn1c(=O)c2c(nc(Cl)n2CC(=O)c2ccc(Cl)s2)n(C)c1=O. The molecule has 0 aliphatic carbocycles. The van der Waals surface area contributed by atoms with E-state index in [1.165, 1.54) is 23.2 Å². The van der Waals surface area contributed by atoms with Crippen molar-refractivity contribution in [2.75, 3.05) is 0 Å². The number of aryl methyl sites for hydroxylation is 1. The van der Waals surface area contributed by atoms with Crippen LogP contribution in [0.25, 0.3) is 11.2 Å². The summed E-state index contributed by atoms with van der Waals surface area (Å²) in [5.41, 5.74) is -0.824. The Kier molecular flexibility index (Phi) is 3.91. The van der Waals surface area contributed by atoms with Gasteiger partial charge >= 0.3 is 5.69 Å². The molecule has 0 saturated heterocycles. The third-order valence-electron chi connectivity index (χ3n) is 3.45. The Labute approximate surface area is 143 Å². The molecule has 0 amide bonds. The van der Waals surface area contributed by atoms with Crippen LogP contribution < -0.4 is 11.2 Å². The van der Waals surface area contributed by atoms with Gasteiger partial charge in [0.15, 0.2) is 16.9 Å². The minimum atomic E-state index is -0.556. The highest BCUT2D eigenvalue weighted by molar-refractivity contribution is 7.18. The maximum Gasteiger partial charge on any atom is 0.332 e. The van der Waals surface area contributed by atoms with E-state index in [0.29, 0.717) is 9.21 Å². The van der Waals surface area contributed by atoms with Gasteiger partial charge < -0.3 is 4.57 Å². The molecule has 0 aliphatic rings. The van der Waals surface area contributed by atoms with Crippen LogP contribution in [0.5, 0.6) is 0 Å². The van der Waals surface area contributed by atoms with Gasteiger partial charge in [-0.2, -0.15) is 4.98 Å². The Bertz CT molecular complexity index is 1060. The molecule has 3 aromatic rings. The summed E-state index contributed by atoms with van der Waals surface area (Å²) in [6.07, 6.45) is 0. The highest BCUT2D eigenvalue weighted by Gasteiger charge is 2.20. The second-order valence-corrected chi connectivity index (χ2v) is 6.93. The Hall–Kier alpha value is -1.90. The molecule has 3 aromatic heterocycles. The average molecular weight is 373 g/mol. The molecule has 3 heterocycles. The number of hydrogen-bond acceptors (Lipinski definition) is 5. The van der Waals surface area contributed by atoms with Gasteiger partial charge in [-0.05, 0) is 23.7 Å². The Balaban J connectivity index is 2.19. The molecule has 120 valence electrons. The molecule has 0 atom stereocenters. The van der Waals surface area contributed by atoms with Gasteiger partial charge in [0.25, 0.3) is 5.56 Å². The van der Waals surface area contributed by atoms with Crippen LogP contribution in [-0.2, 0) is 20.6 Å². The van der Waals surface area contributed by atoms with E-state index in [9.17, 15) is 14.4 Å². The van der Waals surface area contributed by atoms with Crippen molar-refractivity contribution >= 4 is 51.5 Å². The molecule has 0 N–H and O–H groups in total. The molecule has 0 fully saturated rings. The van der Waals surface area contributed by atoms with E-state index in [4.69, 9.17) is 23.2 Å². The zero-order valence-corrected chi connectivity index (χ0v) is 14.4. The first-order chi connectivity index (χ1) is 10.8. The number of thiophene rings is 1. The number of Topliss-reactive ketones (excluding diaryl/α,β-unsaturated/α-hetero) is 1. The number of halogens is 2. The van der Waals surface area contributed by atoms with E-state index < -0.39 is 11.2 Å². The number of carbonyl (C=O) groups excluding carboxylic acids is 1. The Morgan fingerprint density at radius 1 is 1.22 bits per heavy atom. The number of rotatable bonds is 3. The summed E-state index contributed by atoms with van der Waals surface area (Å²) in [7, 11) is 2.84. The number of nitrogens with zero attached hydrogens (tertiary/aromatic N) is 4. The number of fused-ring (bicyclic) bond motifs is 1. The van der Waals surface area contributed by atoms with Crippen LogP contribution in [0.1, 0.15) is 9.67 Å². The summed E-state index contributed by atoms with van der Waals surface area (Å²) in [5.74, 6) is -0.251. The van der Waals surface area contributed by atoms with Crippen molar-refractivity contribution in [1.29, 1.82) is 0 Å². The summed E-state index contributed by atoms with van der Waals surface area (Å²) in [6, 6.07) is 3.23. The first kappa shape index (κ1) is 16.0. The van der Waals surface area contributed by atoms with Crippen molar-refractivity contribution in [2.45, 2.75) is 6.54 Å². The zero-order valence-electron chi connectivity index (χ0n) is 12.0. The van der Waals surface area contributed by atoms with Crippen LogP contribution in [0.3, 0.4) is 0 Å². The molecular weight excluding hydrogens is 363 g/mol. The predicted molar refractivity (Wildman–Crippen MR) is 88.9 cm³/mol. The van der Waals surface area contributed by atoms with Crippen LogP contribution in [-0.4, -0.2) is 24.5 Å². The number of aromatic nitrogens is 4. The predicted octanol–water partition coefficient (Wildman–Crippen LogP) is 1.68. The van der Waals surface area contributed by atoms with E-state index in [1.807, 2.05) is 0 Å². The fourth-order valence-corrected chi connectivity index (χ4v) is 3.45. The standard InChI is InChI=1S/C13H10Cl2N4O3S/c1-17-10-9(11(21)18(2)13(17)22)19(12(15)16-10)5-6(20)7-3-4-8(14)23-7/h3-4H,5H2,1-2H3. The number of ketones is 1. The molecule has 0 spiro atoms. The highest BCUT2D eigenvalue weighted by atomic mass is 35.5. The van der Waals surface area contributed by atoms with Crippen molar-refractivity contribution < 1.29 is 4.79 Å². The molecule has 23 heavy (non-hydrogen) atoms. The highest BCUT2D eigenvalue weighted by Crippen LogP contribution is 2.23. The summed E-state index contributed by atoms with van der Waals surface area (Å²) >= 11 is 13.0. The van der Waals surface area contributed by atoms with Gasteiger partial charge in [-0.15, -0.1) is 11.3 Å². The molecule has 0 radical (unpaired) electrons. The molecule has 0 saturated carbocycles. The summed E-state index contributed by atoms with van der Waals surface area (Å²) in [5, 5.41) is -0.0331. The van der Waals surface area contributed by atoms with Crippen LogP contribution >= 0.6 is 34.5 Å². The monoisotopic (exact) mass is 372 g/mol. The van der Waals surface area contributed by atoms with Crippen LogP contribution in [0.2, 0.25) is 9.62 Å². The second kappa shape index (κ2) is 5.63. The van der Waals surface area contributed by atoms with E-state index in [-0.39, 0.29) is 28.8 Å². The Morgan fingerprint density at radius 2 is 1.91 bits per heavy atom. The summed E-state index contributed by atoms with van der Waals surface area (Å²) in [6.45, 7) is -0.167. The first-order valence-electron chi connectivity index (χ1n) is 6.41. The third kappa shape index (κ3) is 2.52. The number of imidazole rings is 1. The normalized spacial score (nSPS) is 11.3. The van der Waals surface area contributed by atoms with E-state index in [1.54, 1.807) is 12.1 Å². The van der Waals surface area contributed by atoms with E-state index in [2.05, 4.69) is 4.98 Å². The molecule has 7 nitrogen and oxygen atoms in total. The molecule has 0 bridgehead atoms. The van der Waals surface area contributed by atoms with E-state index in [0.717, 1.165) is 15.9 Å². The second-order valence-electron chi connectivity index (χ2n) is 4.87. The van der Waals surface area contributed by atoms with Crippen LogP contribution in [0.15, 0.2) is 21.7 Å². The zero-order chi connectivity index (χ0) is 16.9. The van der Waals surface area contributed by atoms with Crippen molar-refractivity contribution in [3.05, 3.63) is 47.5 Å². The fraction of sp³-hybridized carbons (Fsp3) is 0.231. The maximum atomic E-state index is 12.4. The minimum Gasteiger partial charge on any atom is -0.301 e. The van der Waals surface area contributed by atoms with E-state index >= 15 is 0 Å². The topological polar surface area (TPSA) is 78.9 Å². The molecule has 0 aromatic carbocycles. The van der Waals surface area contributed by atoms with Gasteiger partial charge in [-0.1, -0.05) is 11.6 Å². The largest absolute Gasteiger partial charge is 0.332 e.